The third kappa shape index (κ3) is 8.94. The van der Waals surface area contributed by atoms with Crippen LogP contribution >= 0.6 is 0 Å². The molecule has 10 aromatic rings. The first-order valence-corrected chi connectivity index (χ1v) is 27.8. The van der Waals surface area contributed by atoms with Crippen LogP contribution in [0.5, 0.6) is 0 Å². The monoisotopic (exact) mass is 1040 g/mol. The summed E-state index contributed by atoms with van der Waals surface area (Å²) in [5.41, 5.74) is 21.4. The number of fused-ring (bicyclic) bond motifs is 7. The van der Waals surface area contributed by atoms with Crippen molar-refractivity contribution in [1.82, 2.24) is 4.57 Å². The fourth-order valence-corrected chi connectivity index (χ4v) is 12.3. The van der Waals surface area contributed by atoms with E-state index in [-0.39, 0.29) is 28.4 Å². The molecule has 0 fully saturated rings. The summed E-state index contributed by atoms with van der Waals surface area (Å²) in [5, 5.41) is 2.11. The molecule has 0 spiro atoms. The van der Waals surface area contributed by atoms with Crippen molar-refractivity contribution in [1.29, 1.82) is 0 Å². The Kier molecular flexibility index (Phi) is 11.9. The molecule has 0 bridgehead atoms. The zero-order valence-electron chi connectivity index (χ0n) is 47.9. The number of halogens is 3. The van der Waals surface area contributed by atoms with Gasteiger partial charge in [-0.15, -0.1) is 0 Å². The first-order valence-electron chi connectivity index (χ1n) is 27.8. The zero-order valence-corrected chi connectivity index (χ0v) is 47.9. The maximum atomic E-state index is 14.4. The van der Waals surface area contributed by atoms with Crippen molar-refractivity contribution in [3.8, 4) is 27.9 Å². The number of hydrogen-bond acceptors (Lipinski definition) is 2. The molecule has 2 aliphatic heterocycles. The van der Waals surface area contributed by atoms with E-state index in [9.17, 15) is 13.2 Å². The third-order valence-corrected chi connectivity index (χ3v) is 16.6. The Morgan fingerprint density at radius 3 is 1.32 bits per heavy atom. The predicted octanol–water partition coefficient (Wildman–Crippen LogP) is 18.7. The summed E-state index contributed by atoms with van der Waals surface area (Å²) in [5.74, 6) is 0. The van der Waals surface area contributed by atoms with Gasteiger partial charge in [0, 0.05) is 50.5 Å². The second-order valence-corrected chi connectivity index (χ2v) is 26.4. The minimum atomic E-state index is -4.48. The van der Waals surface area contributed by atoms with Gasteiger partial charge in [0.15, 0.2) is 0 Å². The summed E-state index contributed by atoms with van der Waals surface area (Å²) in [6.45, 7) is 29.4. The SMILES string of the molecule is Cc1cc(-c2ccccc2-n2c3ccccc3c3cc(-c4cc5c6c(c4)N(c4cc(C(C)(C)C)cc(C(C)(C)C)c4)c4ccccc4B6c4ccccc4N5c4cc(C(C)(C)C)cc(C(C)(C)C)c4)ccc32)cc(C(F)(F)F)c1. The highest BCUT2D eigenvalue weighted by molar-refractivity contribution is 7.00. The fourth-order valence-electron chi connectivity index (χ4n) is 12.3. The molecule has 12 rings (SSSR count). The molecule has 79 heavy (non-hydrogen) atoms. The average Bonchev–Trinajstić information content (AvgIpc) is 3.04. The Balaban J connectivity index is 1.16. The van der Waals surface area contributed by atoms with E-state index in [1.807, 2.05) is 36.4 Å². The number of alkyl halides is 3. The Morgan fingerprint density at radius 1 is 0.354 bits per heavy atom. The molecule has 0 saturated carbocycles. The maximum Gasteiger partial charge on any atom is 0.416 e. The van der Waals surface area contributed by atoms with Crippen molar-refractivity contribution in [3.63, 3.8) is 0 Å². The number of nitrogens with zero attached hydrogens (tertiary/aromatic N) is 3. The van der Waals surface area contributed by atoms with Gasteiger partial charge >= 0.3 is 6.18 Å². The highest BCUT2D eigenvalue weighted by atomic mass is 19.4. The molecule has 0 saturated heterocycles. The van der Waals surface area contributed by atoms with Gasteiger partial charge < -0.3 is 14.4 Å². The number of para-hydroxylation sites is 4. The van der Waals surface area contributed by atoms with Crippen LogP contribution in [0.3, 0.4) is 0 Å². The van der Waals surface area contributed by atoms with E-state index in [4.69, 9.17) is 0 Å². The molecule has 7 heteroatoms. The van der Waals surface area contributed by atoms with Crippen LogP contribution in [0.15, 0.2) is 182 Å². The van der Waals surface area contributed by atoms with Crippen molar-refractivity contribution in [2.45, 2.75) is 118 Å². The highest BCUT2D eigenvalue weighted by Gasteiger charge is 2.44. The summed E-state index contributed by atoms with van der Waals surface area (Å²) in [6.07, 6.45) is -4.48. The molecule has 3 heterocycles. The van der Waals surface area contributed by atoms with Crippen LogP contribution in [-0.4, -0.2) is 11.3 Å². The van der Waals surface area contributed by atoms with Gasteiger partial charge in [-0.25, -0.2) is 0 Å². The lowest BCUT2D eigenvalue weighted by molar-refractivity contribution is -0.137. The molecule has 0 N–H and O–H groups in total. The quantitative estimate of drug-likeness (QED) is 0.159. The molecular weight excluding hydrogens is 975 g/mol. The number of aryl methyl sites for hydroxylation is 1. The topological polar surface area (TPSA) is 11.4 Å². The Hall–Kier alpha value is -7.77. The van der Waals surface area contributed by atoms with Crippen molar-refractivity contribution in [2.24, 2.45) is 0 Å². The Bertz CT molecular complexity index is 3880. The predicted molar refractivity (Wildman–Crippen MR) is 330 cm³/mol. The number of aromatic nitrogens is 1. The van der Waals surface area contributed by atoms with Crippen LogP contribution in [0.4, 0.5) is 47.3 Å². The maximum absolute atomic E-state index is 14.4. The summed E-state index contributed by atoms with van der Waals surface area (Å²) < 4.78 is 45.3. The first-order chi connectivity index (χ1) is 37.2. The summed E-state index contributed by atoms with van der Waals surface area (Å²) in [7, 11) is 0. The molecular formula is C72H69BF3N3. The number of rotatable bonds is 5. The lowest BCUT2D eigenvalue weighted by atomic mass is 9.33. The summed E-state index contributed by atoms with van der Waals surface area (Å²) in [6, 6.07) is 64.8. The highest BCUT2D eigenvalue weighted by Crippen LogP contribution is 2.49. The van der Waals surface area contributed by atoms with E-state index in [1.165, 1.54) is 50.8 Å². The summed E-state index contributed by atoms with van der Waals surface area (Å²) in [4.78, 5) is 5.10. The van der Waals surface area contributed by atoms with Crippen LogP contribution < -0.4 is 26.2 Å². The van der Waals surface area contributed by atoms with Gasteiger partial charge in [-0.05, 0) is 174 Å². The van der Waals surface area contributed by atoms with E-state index in [0.29, 0.717) is 11.1 Å². The van der Waals surface area contributed by atoms with Gasteiger partial charge in [0.25, 0.3) is 6.71 Å². The van der Waals surface area contributed by atoms with Crippen LogP contribution in [0, 0.1) is 6.92 Å². The van der Waals surface area contributed by atoms with Gasteiger partial charge in [0.1, 0.15) is 0 Å². The molecule has 1 aromatic heterocycles. The molecule has 9 aromatic carbocycles. The number of hydrogen-bond donors (Lipinski definition) is 0. The molecule has 2 aliphatic rings. The fraction of sp³-hybridized carbons (Fsp3) is 0.250. The normalized spacial score (nSPS) is 13.7. The lowest BCUT2D eigenvalue weighted by Crippen LogP contribution is -2.61. The second-order valence-electron chi connectivity index (χ2n) is 26.4. The molecule has 3 nitrogen and oxygen atoms in total. The van der Waals surface area contributed by atoms with Gasteiger partial charge in [-0.3, -0.25) is 0 Å². The first kappa shape index (κ1) is 52.0. The van der Waals surface area contributed by atoms with Crippen molar-refractivity contribution < 1.29 is 13.2 Å². The Morgan fingerprint density at radius 2 is 0.810 bits per heavy atom. The van der Waals surface area contributed by atoms with Crippen molar-refractivity contribution >= 4 is 79.0 Å². The molecule has 0 atom stereocenters. The second kappa shape index (κ2) is 18.1. The van der Waals surface area contributed by atoms with E-state index in [1.54, 1.807) is 6.92 Å². The summed E-state index contributed by atoms with van der Waals surface area (Å²) >= 11 is 0. The number of anilines is 6. The molecule has 396 valence electrons. The molecule has 0 unspecified atom stereocenters. The lowest BCUT2D eigenvalue weighted by Gasteiger charge is -2.45. The van der Waals surface area contributed by atoms with Crippen LogP contribution in [0.1, 0.15) is 116 Å². The minimum Gasteiger partial charge on any atom is -0.311 e. The standard InChI is InChI=1S/C72H69BF3N3/c1-44-32-47(34-52(33-44)72(74,75)76)55-22-14-18-26-60(55)79-61-27-19-15-23-56(61)57-35-45(30-31-62(57)79)46-36-65-67-66(37-46)78(54-42-50(70(8,9)10)39-51(43-54)71(11,12)13)64-29-21-17-25-59(64)73(67)58-24-16-20-28-63(58)77(65)53-40-48(68(2,3)4)38-49(41-53)69(5,6)7/h14-43H,1-13H3. The van der Waals surface area contributed by atoms with Gasteiger partial charge in [0.2, 0.25) is 0 Å². The minimum absolute atomic E-state index is 0.0548. The van der Waals surface area contributed by atoms with Gasteiger partial charge in [-0.2, -0.15) is 13.2 Å². The van der Waals surface area contributed by atoms with E-state index in [0.717, 1.165) is 78.3 Å². The van der Waals surface area contributed by atoms with Crippen molar-refractivity contribution in [2.75, 3.05) is 9.80 Å². The van der Waals surface area contributed by atoms with Gasteiger partial charge in [-0.1, -0.05) is 180 Å². The smallest absolute Gasteiger partial charge is 0.311 e. The van der Waals surface area contributed by atoms with Crippen molar-refractivity contribution in [3.05, 3.63) is 215 Å². The molecule has 0 aliphatic carbocycles. The number of benzene rings is 9. The van der Waals surface area contributed by atoms with Crippen LogP contribution in [0.2, 0.25) is 0 Å². The van der Waals surface area contributed by atoms with Gasteiger partial charge in [0.05, 0.1) is 22.3 Å². The van der Waals surface area contributed by atoms with E-state index >= 15 is 0 Å². The average molecular weight is 1040 g/mol. The van der Waals surface area contributed by atoms with Crippen LogP contribution in [-0.2, 0) is 27.8 Å². The largest absolute Gasteiger partial charge is 0.416 e. The Labute approximate surface area is 465 Å². The van der Waals surface area contributed by atoms with Crippen LogP contribution in [0.25, 0.3) is 49.7 Å². The molecule has 0 amide bonds. The molecule has 0 radical (unpaired) electrons. The third-order valence-electron chi connectivity index (χ3n) is 16.6. The van der Waals surface area contributed by atoms with E-state index < -0.39 is 11.7 Å². The van der Waals surface area contributed by atoms with E-state index in [2.05, 4.69) is 231 Å². The zero-order chi connectivity index (χ0) is 55.9.